The average molecular weight is 410 g/mol. The first-order chi connectivity index (χ1) is 13.5. The van der Waals surface area contributed by atoms with E-state index in [-0.39, 0.29) is 5.82 Å². The van der Waals surface area contributed by atoms with Crippen molar-refractivity contribution in [2.75, 3.05) is 45.9 Å². The van der Waals surface area contributed by atoms with Gasteiger partial charge in [0, 0.05) is 0 Å². The van der Waals surface area contributed by atoms with Crippen LogP contribution in [0.1, 0.15) is 6.92 Å². The van der Waals surface area contributed by atoms with Gasteiger partial charge in [0.05, 0.1) is 37.7 Å². The van der Waals surface area contributed by atoms with Gasteiger partial charge in [0.25, 0.3) is 0 Å². The van der Waals surface area contributed by atoms with Gasteiger partial charge in [-0.1, -0.05) is 0 Å². The van der Waals surface area contributed by atoms with Gasteiger partial charge in [0.2, 0.25) is 10.0 Å². The summed E-state index contributed by atoms with van der Waals surface area (Å²) in [7, 11) is -3.49. The van der Waals surface area contributed by atoms with Gasteiger partial charge < -0.3 is 14.4 Å². The fourth-order valence-corrected chi connectivity index (χ4v) is 4.60. The number of sulfonamides is 1. The third-order valence-corrected chi connectivity index (χ3v) is 6.65. The Hall–Kier alpha value is -2.16. The lowest BCUT2D eigenvalue weighted by Crippen LogP contribution is -3.15. The van der Waals surface area contributed by atoms with Gasteiger partial charge in [-0.15, -0.1) is 0 Å². The average Bonchev–Trinajstić information content (AvgIpc) is 2.71. The maximum absolute atomic E-state index is 12.9. The minimum Gasteiger partial charge on any atom is -0.494 e. The van der Waals surface area contributed by atoms with Crippen molar-refractivity contribution in [3.63, 3.8) is 0 Å². The molecule has 152 valence electrons. The van der Waals surface area contributed by atoms with E-state index in [0.717, 1.165) is 19.6 Å². The maximum Gasteiger partial charge on any atom is 0.243 e. The van der Waals surface area contributed by atoms with Gasteiger partial charge in [-0.2, -0.15) is 4.31 Å². The van der Waals surface area contributed by atoms with Crippen LogP contribution in [0.4, 0.5) is 4.39 Å². The third-order valence-electron chi connectivity index (χ3n) is 4.74. The van der Waals surface area contributed by atoms with E-state index in [2.05, 4.69) is 0 Å². The fourth-order valence-electron chi connectivity index (χ4n) is 3.16. The molecule has 1 fully saturated rings. The van der Waals surface area contributed by atoms with E-state index >= 15 is 0 Å². The van der Waals surface area contributed by atoms with Crippen molar-refractivity contribution in [1.29, 1.82) is 0 Å². The molecule has 1 aliphatic heterocycles. The van der Waals surface area contributed by atoms with Crippen LogP contribution in [0.5, 0.6) is 11.5 Å². The van der Waals surface area contributed by atoms with E-state index in [1.165, 1.54) is 21.3 Å². The highest BCUT2D eigenvalue weighted by atomic mass is 32.2. The van der Waals surface area contributed by atoms with Crippen molar-refractivity contribution < 1.29 is 27.2 Å². The molecule has 0 atom stereocenters. The molecule has 2 aromatic carbocycles. The second kappa shape index (κ2) is 9.36. The Morgan fingerprint density at radius 3 is 2.14 bits per heavy atom. The molecular formula is C20H26FN2O4S+. The number of ether oxygens (including phenoxy) is 2. The smallest absolute Gasteiger partial charge is 0.243 e. The molecule has 0 aliphatic carbocycles. The van der Waals surface area contributed by atoms with Crippen molar-refractivity contribution in [1.82, 2.24) is 4.31 Å². The van der Waals surface area contributed by atoms with E-state index in [9.17, 15) is 12.8 Å². The number of quaternary nitrogens is 1. The lowest BCUT2D eigenvalue weighted by atomic mass is 10.3. The zero-order chi connectivity index (χ0) is 20.0. The van der Waals surface area contributed by atoms with Gasteiger partial charge in [-0.05, 0) is 55.5 Å². The Labute approximate surface area is 165 Å². The van der Waals surface area contributed by atoms with Crippen molar-refractivity contribution >= 4 is 10.0 Å². The van der Waals surface area contributed by atoms with Crippen LogP contribution < -0.4 is 14.4 Å². The number of nitrogens with one attached hydrogen (secondary N) is 1. The Bertz CT molecular complexity index is 849. The van der Waals surface area contributed by atoms with Crippen molar-refractivity contribution in [2.24, 2.45) is 0 Å². The molecule has 0 spiro atoms. The van der Waals surface area contributed by atoms with Crippen LogP contribution in [0.3, 0.4) is 0 Å². The normalized spacial score (nSPS) is 16.1. The van der Waals surface area contributed by atoms with E-state index < -0.39 is 10.0 Å². The van der Waals surface area contributed by atoms with Crippen LogP contribution in [0.15, 0.2) is 53.4 Å². The van der Waals surface area contributed by atoms with Gasteiger partial charge in [-0.25, -0.2) is 12.8 Å². The molecule has 3 rings (SSSR count). The minimum atomic E-state index is -3.49. The largest absolute Gasteiger partial charge is 0.494 e. The number of hydrogen-bond acceptors (Lipinski definition) is 4. The summed E-state index contributed by atoms with van der Waals surface area (Å²) in [5, 5.41) is 0. The lowest BCUT2D eigenvalue weighted by Gasteiger charge is -2.31. The number of hydrogen-bond donors (Lipinski definition) is 1. The molecule has 0 unspecified atom stereocenters. The van der Waals surface area contributed by atoms with Crippen LogP contribution in [0.25, 0.3) is 0 Å². The standard InChI is InChI=1S/C20H25FN2O4S/c1-2-26-18-7-9-20(10-8-18)28(24,25)23-13-11-22(12-14-23)15-16-27-19-5-3-17(21)4-6-19/h3-10H,2,11-16H2,1H3/p+1. The SMILES string of the molecule is CCOc1ccc(S(=O)(=O)N2CC[NH+](CCOc3ccc(F)cc3)CC2)cc1. The minimum absolute atomic E-state index is 0.289. The van der Waals surface area contributed by atoms with Gasteiger partial charge in [0.15, 0.2) is 0 Å². The quantitative estimate of drug-likeness (QED) is 0.712. The summed E-state index contributed by atoms with van der Waals surface area (Å²) in [5.41, 5.74) is 0. The Balaban J connectivity index is 1.47. The molecule has 0 radical (unpaired) electrons. The van der Waals surface area contributed by atoms with E-state index in [1.807, 2.05) is 6.92 Å². The van der Waals surface area contributed by atoms with Crippen LogP contribution in [0, 0.1) is 5.82 Å². The van der Waals surface area contributed by atoms with Gasteiger partial charge >= 0.3 is 0 Å². The maximum atomic E-state index is 12.9. The Kier molecular flexibility index (Phi) is 6.88. The van der Waals surface area contributed by atoms with Crippen LogP contribution in [-0.4, -0.2) is 58.7 Å². The number of nitrogens with zero attached hydrogens (tertiary/aromatic N) is 1. The molecule has 8 heteroatoms. The summed E-state index contributed by atoms with van der Waals surface area (Å²) in [5.74, 6) is 1.01. The highest BCUT2D eigenvalue weighted by Gasteiger charge is 2.30. The summed E-state index contributed by atoms with van der Waals surface area (Å²) in [6.45, 7) is 6.11. The Morgan fingerprint density at radius 2 is 1.54 bits per heavy atom. The van der Waals surface area contributed by atoms with Gasteiger partial charge in [0.1, 0.15) is 30.5 Å². The molecule has 1 heterocycles. The van der Waals surface area contributed by atoms with E-state index in [4.69, 9.17) is 9.47 Å². The lowest BCUT2D eigenvalue weighted by molar-refractivity contribution is -0.903. The fraction of sp³-hybridized carbons (Fsp3) is 0.400. The number of piperazine rings is 1. The summed E-state index contributed by atoms with van der Waals surface area (Å²) < 4.78 is 51.0. The predicted molar refractivity (Wildman–Crippen MR) is 104 cm³/mol. The molecule has 6 nitrogen and oxygen atoms in total. The number of benzene rings is 2. The summed E-state index contributed by atoms with van der Waals surface area (Å²) in [6.07, 6.45) is 0. The van der Waals surface area contributed by atoms with Crippen LogP contribution >= 0.6 is 0 Å². The topological polar surface area (TPSA) is 60.3 Å². The molecule has 0 aromatic heterocycles. The Morgan fingerprint density at radius 1 is 0.964 bits per heavy atom. The second-order valence-corrected chi connectivity index (χ2v) is 8.55. The first kappa shape index (κ1) is 20.6. The van der Waals surface area contributed by atoms with Crippen LogP contribution in [-0.2, 0) is 10.0 Å². The van der Waals surface area contributed by atoms with Crippen molar-refractivity contribution in [3.8, 4) is 11.5 Å². The number of rotatable bonds is 8. The predicted octanol–water partition coefficient (Wildman–Crippen LogP) is 1.19. The zero-order valence-electron chi connectivity index (χ0n) is 15.9. The first-order valence-corrected chi connectivity index (χ1v) is 10.9. The summed E-state index contributed by atoms with van der Waals surface area (Å²) in [4.78, 5) is 1.58. The highest BCUT2D eigenvalue weighted by Crippen LogP contribution is 2.19. The monoisotopic (exact) mass is 409 g/mol. The molecule has 1 saturated heterocycles. The molecule has 1 aliphatic rings. The second-order valence-electron chi connectivity index (χ2n) is 6.61. The van der Waals surface area contributed by atoms with E-state index in [1.54, 1.807) is 36.4 Å². The van der Waals surface area contributed by atoms with Gasteiger partial charge in [-0.3, -0.25) is 0 Å². The summed E-state index contributed by atoms with van der Waals surface area (Å²) >= 11 is 0. The molecule has 1 N–H and O–H groups in total. The van der Waals surface area contributed by atoms with Crippen molar-refractivity contribution in [2.45, 2.75) is 11.8 Å². The third kappa shape index (κ3) is 5.21. The van der Waals surface area contributed by atoms with E-state index in [0.29, 0.717) is 42.7 Å². The molecular weight excluding hydrogens is 383 g/mol. The molecule has 0 bridgehead atoms. The van der Waals surface area contributed by atoms with Crippen LogP contribution in [0.2, 0.25) is 0 Å². The molecule has 0 amide bonds. The molecule has 2 aromatic rings. The highest BCUT2D eigenvalue weighted by molar-refractivity contribution is 7.89. The number of halogens is 1. The van der Waals surface area contributed by atoms with Crippen molar-refractivity contribution in [3.05, 3.63) is 54.3 Å². The molecule has 0 saturated carbocycles. The first-order valence-electron chi connectivity index (χ1n) is 9.44. The zero-order valence-corrected chi connectivity index (χ0v) is 16.8. The molecule has 28 heavy (non-hydrogen) atoms. The summed E-state index contributed by atoms with van der Waals surface area (Å²) in [6, 6.07) is 12.5.